The normalized spacial score (nSPS) is 16.6. The van der Waals surface area contributed by atoms with Crippen molar-refractivity contribution >= 4 is 23.5 Å². The van der Waals surface area contributed by atoms with Crippen molar-refractivity contribution in [2.24, 2.45) is 11.8 Å². The summed E-state index contributed by atoms with van der Waals surface area (Å²) in [5.41, 5.74) is 0.529. The first-order chi connectivity index (χ1) is 15.3. The number of methoxy groups -OCH3 is 2. The van der Waals surface area contributed by atoms with E-state index in [0.29, 0.717) is 11.3 Å². The summed E-state index contributed by atoms with van der Waals surface area (Å²) in [6.07, 6.45) is 0.779. The Labute approximate surface area is 185 Å². The monoisotopic (exact) mass is 444 g/mol. The number of hydrogen-bond acceptors (Lipinski definition) is 6. The standard InChI is InChI=1S/C23H25FN2O6/c1-13-8-15(13)22(28)26-18-10-20(31-3)19(30-2)9-16(18)23(29)32-12-21(27)25-11-14-6-4-5-7-17(14)24/h4-7,9-10,13,15H,8,11-12H2,1-3H3,(H,25,27)(H,26,28). The van der Waals surface area contributed by atoms with Crippen LogP contribution in [0.4, 0.5) is 10.1 Å². The molecule has 1 saturated carbocycles. The Bertz CT molecular complexity index is 1030. The summed E-state index contributed by atoms with van der Waals surface area (Å²) in [5, 5.41) is 5.22. The SMILES string of the molecule is COc1cc(NC(=O)C2CC2C)c(C(=O)OCC(=O)NCc2ccccc2F)cc1OC. The van der Waals surface area contributed by atoms with Gasteiger partial charge in [-0.1, -0.05) is 25.1 Å². The second kappa shape index (κ2) is 10.1. The van der Waals surface area contributed by atoms with Crippen LogP contribution in [0.1, 0.15) is 29.3 Å². The predicted octanol–water partition coefficient (Wildman–Crippen LogP) is 2.91. The molecule has 2 aromatic rings. The van der Waals surface area contributed by atoms with Crippen LogP contribution in [0.2, 0.25) is 0 Å². The second-order valence-electron chi connectivity index (χ2n) is 7.51. The Morgan fingerprint density at radius 2 is 1.75 bits per heavy atom. The molecule has 170 valence electrons. The predicted molar refractivity (Wildman–Crippen MR) is 114 cm³/mol. The molecule has 2 atom stereocenters. The van der Waals surface area contributed by atoms with E-state index in [2.05, 4.69) is 10.6 Å². The number of amides is 2. The molecule has 0 saturated heterocycles. The molecule has 1 aliphatic rings. The Kier molecular flexibility index (Phi) is 7.29. The van der Waals surface area contributed by atoms with Gasteiger partial charge in [-0.05, 0) is 18.4 Å². The van der Waals surface area contributed by atoms with Gasteiger partial charge in [-0.2, -0.15) is 0 Å². The average Bonchev–Trinajstić information content (AvgIpc) is 3.53. The molecule has 0 radical (unpaired) electrons. The first-order valence-corrected chi connectivity index (χ1v) is 10.1. The molecule has 32 heavy (non-hydrogen) atoms. The van der Waals surface area contributed by atoms with Crippen molar-refractivity contribution in [3.8, 4) is 11.5 Å². The number of ether oxygens (including phenoxy) is 3. The maximum Gasteiger partial charge on any atom is 0.340 e. The van der Waals surface area contributed by atoms with E-state index < -0.39 is 24.3 Å². The van der Waals surface area contributed by atoms with Crippen LogP contribution in [0.25, 0.3) is 0 Å². The molecule has 1 fully saturated rings. The second-order valence-corrected chi connectivity index (χ2v) is 7.51. The summed E-state index contributed by atoms with van der Waals surface area (Å²) in [7, 11) is 2.84. The molecule has 0 aromatic heterocycles. The zero-order valence-corrected chi connectivity index (χ0v) is 18.1. The maximum absolute atomic E-state index is 13.6. The van der Waals surface area contributed by atoms with Gasteiger partial charge >= 0.3 is 5.97 Å². The summed E-state index contributed by atoms with van der Waals surface area (Å²) in [4.78, 5) is 37.1. The Morgan fingerprint density at radius 1 is 1.09 bits per heavy atom. The van der Waals surface area contributed by atoms with Gasteiger partial charge in [0, 0.05) is 30.2 Å². The highest BCUT2D eigenvalue weighted by molar-refractivity contribution is 6.03. The summed E-state index contributed by atoms with van der Waals surface area (Å²) in [6.45, 7) is 1.35. The quantitative estimate of drug-likeness (QED) is 0.577. The van der Waals surface area contributed by atoms with Gasteiger partial charge in [-0.15, -0.1) is 0 Å². The third-order valence-electron chi connectivity index (χ3n) is 5.22. The van der Waals surface area contributed by atoms with Gasteiger partial charge in [0.15, 0.2) is 18.1 Å². The van der Waals surface area contributed by atoms with E-state index in [4.69, 9.17) is 14.2 Å². The Morgan fingerprint density at radius 3 is 2.38 bits per heavy atom. The topological polar surface area (TPSA) is 103 Å². The number of anilines is 1. The zero-order valence-electron chi connectivity index (χ0n) is 18.1. The lowest BCUT2D eigenvalue weighted by Crippen LogP contribution is -2.29. The summed E-state index contributed by atoms with van der Waals surface area (Å²) in [5.74, 6) is -1.32. The summed E-state index contributed by atoms with van der Waals surface area (Å²) >= 11 is 0. The van der Waals surface area contributed by atoms with Gasteiger partial charge in [0.1, 0.15) is 5.82 Å². The number of nitrogens with one attached hydrogen (secondary N) is 2. The molecule has 2 aromatic carbocycles. The van der Waals surface area contributed by atoms with Crippen LogP contribution in [0, 0.1) is 17.7 Å². The van der Waals surface area contributed by atoms with Gasteiger partial charge in [0.05, 0.1) is 25.5 Å². The van der Waals surface area contributed by atoms with Crippen LogP contribution in [-0.2, 0) is 20.9 Å². The third-order valence-corrected chi connectivity index (χ3v) is 5.22. The maximum atomic E-state index is 13.6. The van der Waals surface area contributed by atoms with Crippen LogP contribution < -0.4 is 20.1 Å². The summed E-state index contributed by atoms with van der Waals surface area (Å²) in [6, 6.07) is 8.88. The lowest BCUT2D eigenvalue weighted by atomic mass is 10.1. The fraction of sp³-hybridized carbons (Fsp3) is 0.348. The number of hydrogen-bond donors (Lipinski definition) is 2. The molecule has 9 heteroatoms. The molecule has 0 spiro atoms. The molecular formula is C23H25FN2O6. The fourth-order valence-electron chi connectivity index (χ4n) is 3.16. The number of carbonyl (C=O) groups excluding carboxylic acids is 3. The minimum Gasteiger partial charge on any atom is -0.493 e. The van der Waals surface area contributed by atoms with E-state index in [9.17, 15) is 18.8 Å². The number of carbonyl (C=O) groups is 3. The van der Waals surface area contributed by atoms with Crippen molar-refractivity contribution in [3.63, 3.8) is 0 Å². The van der Waals surface area contributed by atoms with Crippen molar-refractivity contribution < 1.29 is 33.0 Å². The molecule has 3 rings (SSSR count). The Hall–Kier alpha value is -3.62. The molecule has 2 N–H and O–H groups in total. The highest BCUT2D eigenvalue weighted by Crippen LogP contribution is 2.40. The van der Waals surface area contributed by atoms with Crippen molar-refractivity contribution in [2.75, 3.05) is 26.1 Å². The fourth-order valence-corrected chi connectivity index (χ4v) is 3.16. The first kappa shape index (κ1) is 23.1. The number of esters is 1. The molecule has 8 nitrogen and oxygen atoms in total. The van der Waals surface area contributed by atoms with Crippen molar-refractivity contribution in [1.29, 1.82) is 0 Å². The van der Waals surface area contributed by atoms with Crippen LogP contribution >= 0.6 is 0 Å². The summed E-state index contributed by atoms with van der Waals surface area (Å²) < 4.78 is 29.2. The van der Waals surface area contributed by atoms with E-state index in [1.54, 1.807) is 18.2 Å². The van der Waals surface area contributed by atoms with Crippen LogP contribution in [0.15, 0.2) is 36.4 Å². The number of halogens is 1. The molecule has 1 aliphatic carbocycles. The van der Waals surface area contributed by atoms with Gasteiger partial charge in [0.2, 0.25) is 5.91 Å². The molecule has 0 heterocycles. The van der Waals surface area contributed by atoms with Crippen molar-refractivity contribution in [2.45, 2.75) is 19.9 Å². The van der Waals surface area contributed by atoms with E-state index in [1.165, 1.54) is 32.4 Å². The Balaban J connectivity index is 1.67. The first-order valence-electron chi connectivity index (χ1n) is 10.1. The zero-order chi connectivity index (χ0) is 23.3. The van der Waals surface area contributed by atoms with Gasteiger partial charge in [0.25, 0.3) is 5.91 Å². The average molecular weight is 444 g/mol. The van der Waals surface area contributed by atoms with Crippen molar-refractivity contribution in [1.82, 2.24) is 5.32 Å². The minimum atomic E-state index is -0.828. The van der Waals surface area contributed by atoms with E-state index in [-0.39, 0.29) is 41.3 Å². The smallest absolute Gasteiger partial charge is 0.340 e. The van der Waals surface area contributed by atoms with Gasteiger partial charge < -0.3 is 24.8 Å². The lowest BCUT2D eigenvalue weighted by molar-refractivity contribution is -0.124. The van der Waals surface area contributed by atoms with Crippen LogP contribution in [0.5, 0.6) is 11.5 Å². The molecule has 0 bridgehead atoms. The minimum absolute atomic E-state index is 0.0196. The van der Waals surface area contributed by atoms with Crippen LogP contribution in [0.3, 0.4) is 0 Å². The number of rotatable bonds is 9. The van der Waals surface area contributed by atoms with Gasteiger partial charge in [-0.25, -0.2) is 9.18 Å². The molecule has 2 amide bonds. The molecular weight excluding hydrogens is 419 g/mol. The molecule has 0 aliphatic heterocycles. The highest BCUT2D eigenvalue weighted by atomic mass is 19.1. The largest absolute Gasteiger partial charge is 0.493 e. The van der Waals surface area contributed by atoms with Crippen LogP contribution in [-0.4, -0.2) is 38.6 Å². The highest BCUT2D eigenvalue weighted by Gasteiger charge is 2.39. The molecule has 2 unspecified atom stereocenters. The number of benzene rings is 2. The van der Waals surface area contributed by atoms with E-state index in [1.807, 2.05) is 6.92 Å². The van der Waals surface area contributed by atoms with Gasteiger partial charge in [-0.3, -0.25) is 9.59 Å². The van der Waals surface area contributed by atoms with E-state index >= 15 is 0 Å². The van der Waals surface area contributed by atoms with Crippen molar-refractivity contribution in [3.05, 3.63) is 53.3 Å². The third kappa shape index (κ3) is 5.54. The lowest BCUT2D eigenvalue weighted by Gasteiger charge is -2.15. The van der Waals surface area contributed by atoms with E-state index in [0.717, 1.165) is 6.42 Å².